The molecule has 0 bridgehead atoms. The minimum Gasteiger partial charge on any atom is -0.350 e. The summed E-state index contributed by atoms with van der Waals surface area (Å²) in [5.74, 6) is -0.114. The van der Waals surface area contributed by atoms with E-state index >= 15 is 0 Å². The average molecular weight is 409 g/mol. The molecule has 0 aliphatic carbocycles. The van der Waals surface area contributed by atoms with Crippen molar-refractivity contribution in [3.63, 3.8) is 0 Å². The lowest BCUT2D eigenvalue weighted by Crippen LogP contribution is -2.27. The topological polar surface area (TPSA) is 64.7 Å². The molecule has 0 atom stereocenters. The second-order valence-corrected chi connectivity index (χ2v) is 6.59. The van der Waals surface area contributed by atoms with Gasteiger partial charge in [0.25, 0.3) is 5.91 Å². The van der Waals surface area contributed by atoms with Crippen molar-refractivity contribution < 1.29 is 4.79 Å². The molecule has 0 aliphatic rings. The van der Waals surface area contributed by atoms with Crippen LogP contribution in [-0.2, 0) is 13.1 Å². The first kappa shape index (κ1) is 16.7. The lowest BCUT2D eigenvalue weighted by atomic mass is 10.1. The van der Waals surface area contributed by atoms with Crippen molar-refractivity contribution in [1.29, 1.82) is 0 Å². The van der Waals surface area contributed by atoms with Crippen LogP contribution in [0.3, 0.4) is 0 Å². The minimum atomic E-state index is -0.114. The van der Waals surface area contributed by atoms with Gasteiger partial charge in [0.2, 0.25) is 0 Å². The summed E-state index contributed by atoms with van der Waals surface area (Å²) in [5.41, 5.74) is 1.63. The lowest BCUT2D eigenvalue weighted by Gasteiger charge is -2.07. The van der Waals surface area contributed by atoms with Crippen molar-refractivity contribution in [2.45, 2.75) is 13.1 Å². The Morgan fingerprint density at radius 1 is 1.21 bits per heavy atom. The van der Waals surface area contributed by atoms with Gasteiger partial charge in [-0.15, -0.1) is 0 Å². The van der Waals surface area contributed by atoms with E-state index in [2.05, 4.69) is 31.4 Å². The standard InChI is InChI=1S/C16H15BrClN5O/c17-14-7-20-23(10-14)9-12-2-1-3-13(6-12)16(24)19-4-5-22-11-15(18)8-21-22/h1-3,6-8,10-11H,4-5,9H2,(H,19,24). The fourth-order valence-electron chi connectivity index (χ4n) is 2.27. The predicted molar refractivity (Wildman–Crippen MR) is 95.0 cm³/mol. The molecule has 0 aliphatic heterocycles. The van der Waals surface area contributed by atoms with Crippen LogP contribution in [-0.4, -0.2) is 32.0 Å². The zero-order chi connectivity index (χ0) is 16.9. The number of nitrogens with one attached hydrogen (secondary N) is 1. The van der Waals surface area contributed by atoms with Crippen LogP contribution in [0.25, 0.3) is 0 Å². The first-order valence-electron chi connectivity index (χ1n) is 7.33. The quantitative estimate of drug-likeness (QED) is 0.682. The van der Waals surface area contributed by atoms with Gasteiger partial charge < -0.3 is 5.32 Å². The molecule has 0 spiro atoms. The molecule has 0 saturated heterocycles. The molecule has 0 saturated carbocycles. The summed E-state index contributed by atoms with van der Waals surface area (Å²) < 4.78 is 4.42. The number of nitrogens with zero attached hydrogens (tertiary/aromatic N) is 4. The molecule has 24 heavy (non-hydrogen) atoms. The molecule has 3 rings (SSSR count). The van der Waals surface area contributed by atoms with Crippen molar-refractivity contribution in [3.8, 4) is 0 Å². The van der Waals surface area contributed by atoms with E-state index in [9.17, 15) is 4.79 Å². The third-order valence-corrected chi connectivity index (χ3v) is 3.97. The Balaban J connectivity index is 1.57. The Morgan fingerprint density at radius 3 is 2.75 bits per heavy atom. The fourth-order valence-corrected chi connectivity index (χ4v) is 2.75. The zero-order valence-corrected chi connectivity index (χ0v) is 15.0. The van der Waals surface area contributed by atoms with Crippen molar-refractivity contribution in [2.75, 3.05) is 6.54 Å². The van der Waals surface area contributed by atoms with Crippen LogP contribution in [0.1, 0.15) is 15.9 Å². The van der Waals surface area contributed by atoms with Crippen LogP contribution in [0.2, 0.25) is 5.02 Å². The number of hydrogen-bond donors (Lipinski definition) is 1. The Hall–Kier alpha value is -2.12. The summed E-state index contributed by atoms with van der Waals surface area (Å²) in [5, 5.41) is 11.7. The number of amides is 1. The maximum Gasteiger partial charge on any atom is 0.251 e. The van der Waals surface area contributed by atoms with Crippen LogP contribution in [0, 0.1) is 0 Å². The summed E-state index contributed by atoms with van der Waals surface area (Å²) >= 11 is 9.17. The molecule has 2 heterocycles. The second-order valence-electron chi connectivity index (χ2n) is 5.23. The number of rotatable bonds is 6. The van der Waals surface area contributed by atoms with E-state index < -0.39 is 0 Å². The number of aromatic nitrogens is 4. The first-order valence-corrected chi connectivity index (χ1v) is 8.50. The molecule has 0 fully saturated rings. The Morgan fingerprint density at radius 2 is 2.04 bits per heavy atom. The van der Waals surface area contributed by atoms with Crippen molar-refractivity contribution in [1.82, 2.24) is 24.9 Å². The average Bonchev–Trinajstić information content (AvgIpc) is 3.16. The number of benzene rings is 1. The Bertz CT molecular complexity index is 844. The van der Waals surface area contributed by atoms with Gasteiger partial charge in [0.1, 0.15) is 0 Å². The van der Waals surface area contributed by atoms with Gasteiger partial charge in [0.05, 0.1) is 35.0 Å². The van der Waals surface area contributed by atoms with Gasteiger partial charge in [-0.3, -0.25) is 14.2 Å². The van der Waals surface area contributed by atoms with E-state index in [1.54, 1.807) is 29.3 Å². The van der Waals surface area contributed by atoms with Gasteiger partial charge >= 0.3 is 0 Å². The SMILES string of the molecule is O=C(NCCn1cc(Cl)cn1)c1cccc(Cn2cc(Br)cn2)c1. The molecule has 3 aromatic rings. The van der Waals surface area contributed by atoms with E-state index in [0.29, 0.717) is 30.2 Å². The van der Waals surface area contributed by atoms with Gasteiger partial charge in [-0.1, -0.05) is 23.7 Å². The zero-order valence-electron chi connectivity index (χ0n) is 12.7. The van der Waals surface area contributed by atoms with Crippen molar-refractivity contribution in [3.05, 3.63) is 69.7 Å². The van der Waals surface area contributed by atoms with Crippen LogP contribution in [0.5, 0.6) is 0 Å². The normalized spacial score (nSPS) is 10.8. The maximum atomic E-state index is 12.3. The van der Waals surface area contributed by atoms with Gasteiger partial charge in [-0.2, -0.15) is 10.2 Å². The predicted octanol–water partition coefficient (Wildman–Crippen LogP) is 2.97. The largest absolute Gasteiger partial charge is 0.350 e. The van der Waals surface area contributed by atoms with Crippen LogP contribution in [0.15, 0.2) is 53.5 Å². The lowest BCUT2D eigenvalue weighted by molar-refractivity contribution is 0.0952. The van der Waals surface area contributed by atoms with E-state index in [0.717, 1.165) is 10.0 Å². The van der Waals surface area contributed by atoms with Crippen molar-refractivity contribution in [2.24, 2.45) is 0 Å². The highest BCUT2D eigenvalue weighted by Crippen LogP contribution is 2.11. The summed E-state index contributed by atoms with van der Waals surface area (Å²) in [4.78, 5) is 12.3. The molecular formula is C16H15BrClN5O. The molecular weight excluding hydrogens is 394 g/mol. The van der Waals surface area contributed by atoms with Crippen LogP contribution >= 0.6 is 27.5 Å². The van der Waals surface area contributed by atoms with E-state index in [-0.39, 0.29) is 5.91 Å². The smallest absolute Gasteiger partial charge is 0.251 e. The summed E-state index contributed by atoms with van der Waals surface area (Å²) in [6.45, 7) is 1.66. The monoisotopic (exact) mass is 407 g/mol. The van der Waals surface area contributed by atoms with Crippen LogP contribution in [0.4, 0.5) is 0 Å². The minimum absolute atomic E-state index is 0.114. The number of hydrogen-bond acceptors (Lipinski definition) is 3. The number of halogens is 2. The summed E-state index contributed by atoms with van der Waals surface area (Å²) in [6.07, 6.45) is 6.91. The maximum absolute atomic E-state index is 12.3. The van der Waals surface area contributed by atoms with Crippen molar-refractivity contribution >= 4 is 33.4 Å². The summed E-state index contributed by atoms with van der Waals surface area (Å²) in [7, 11) is 0. The molecule has 1 amide bonds. The molecule has 1 aromatic carbocycles. The highest BCUT2D eigenvalue weighted by atomic mass is 79.9. The number of carbonyl (C=O) groups is 1. The molecule has 124 valence electrons. The number of carbonyl (C=O) groups excluding carboxylic acids is 1. The van der Waals surface area contributed by atoms with Gasteiger partial charge in [-0.05, 0) is 33.6 Å². The van der Waals surface area contributed by atoms with E-state index in [1.807, 2.05) is 29.1 Å². The third kappa shape index (κ3) is 4.46. The van der Waals surface area contributed by atoms with Crippen LogP contribution < -0.4 is 5.32 Å². The molecule has 6 nitrogen and oxygen atoms in total. The van der Waals surface area contributed by atoms with E-state index in [1.165, 1.54) is 0 Å². The van der Waals surface area contributed by atoms with Gasteiger partial charge in [-0.25, -0.2) is 0 Å². The first-order chi connectivity index (χ1) is 11.6. The molecule has 1 N–H and O–H groups in total. The van der Waals surface area contributed by atoms with Gasteiger partial charge in [0.15, 0.2) is 0 Å². The molecule has 0 radical (unpaired) electrons. The Kier molecular flexibility index (Phi) is 5.32. The van der Waals surface area contributed by atoms with Gasteiger partial charge in [0, 0.05) is 24.5 Å². The molecule has 2 aromatic heterocycles. The summed E-state index contributed by atoms with van der Waals surface area (Å²) in [6, 6.07) is 7.51. The second kappa shape index (κ2) is 7.63. The third-order valence-electron chi connectivity index (χ3n) is 3.36. The highest BCUT2D eigenvalue weighted by Gasteiger charge is 2.07. The van der Waals surface area contributed by atoms with E-state index in [4.69, 9.17) is 11.6 Å². The highest BCUT2D eigenvalue weighted by molar-refractivity contribution is 9.10. The molecule has 8 heteroatoms. The molecule has 0 unspecified atom stereocenters. The fraction of sp³-hybridized carbons (Fsp3) is 0.188. The Labute approximate surface area is 152 Å².